The zero-order valence-electron chi connectivity index (χ0n) is 27.2. The van der Waals surface area contributed by atoms with Gasteiger partial charge in [0.15, 0.2) is 0 Å². The number of hydrogen-bond donors (Lipinski definition) is 3. The summed E-state index contributed by atoms with van der Waals surface area (Å²) in [4.78, 5) is 12.1. The van der Waals surface area contributed by atoms with E-state index >= 15 is 0 Å². The molecule has 4 aliphatic rings. The monoisotopic (exact) mass is 530 g/mol. The minimum absolute atomic E-state index is 0.0176. The summed E-state index contributed by atoms with van der Waals surface area (Å²) >= 11 is 0. The second-order valence-corrected chi connectivity index (χ2v) is 17.7. The van der Waals surface area contributed by atoms with Gasteiger partial charge in [0.05, 0.1) is 45.3 Å². The molecule has 0 heterocycles. The topological polar surface area (TPSA) is 77.8 Å². The third kappa shape index (κ3) is 4.80. The van der Waals surface area contributed by atoms with E-state index in [4.69, 9.17) is 0 Å². The fraction of sp³-hybridized carbons (Fsp3) is 0.963. The van der Waals surface area contributed by atoms with E-state index in [0.717, 1.165) is 51.4 Å². The average molecular weight is 529 g/mol. The van der Waals surface area contributed by atoms with E-state index in [9.17, 15) is 20.1 Å². The smallest absolute Gasteiger partial charge is 0.293 e. The van der Waals surface area contributed by atoms with Crippen LogP contribution >= 0.6 is 0 Å². The third-order valence-electron chi connectivity index (χ3n) is 14.4. The lowest BCUT2D eigenvalue weighted by molar-refractivity contribution is -0.223. The van der Waals surface area contributed by atoms with Crippen LogP contribution in [0.4, 0.5) is 0 Å². The van der Waals surface area contributed by atoms with E-state index in [1.807, 2.05) is 15.7 Å². The molecule has 3 N–H and O–H groups in total. The van der Waals surface area contributed by atoms with Crippen molar-refractivity contribution in [3.8, 4) is 0 Å². The van der Waals surface area contributed by atoms with Crippen molar-refractivity contribution in [1.82, 2.24) is 0 Å². The van der Waals surface area contributed by atoms with Crippen LogP contribution in [-0.2, 0) is 4.79 Å². The number of aliphatic carboxylic acids is 1. The maximum atomic E-state index is 13.0. The van der Waals surface area contributed by atoms with Crippen molar-refractivity contribution in [3.63, 3.8) is 0 Å². The molecule has 0 saturated heterocycles. The Hall–Kier alpha value is -0.0905. The molecule has 4 fully saturated rings. The first-order chi connectivity index (χ1) is 17.7. The fourth-order valence-electron chi connectivity index (χ4n) is 11.5. The highest BCUT2D eigenvalue weighted by molar-refractivity contribution is 6.67. The van der Waals surface area contributed by atoms with Gasteiger partial charge < -0.3 is 15.3 Å². The minimum Gasteiger partial charge on any atom is -0.482 e. The zero-order valence-corrected chi connectivity index (χ0v) is 27.2. The largest absolute Gasteiger partial charge is 0.482 e. The summed E-state index contributed by atoms with van der Waals surface area (Å²) in [5.74, 6) is 1.82. The molecule has 0 aliphatic heterocycles. The normalized spacial score (nSPS) is 45.5. The van der Waals surface area contributed by atoms with Crippen molar-refractivity contribution in [2.75, 3.05) is 0 Å². The number of aliphatic hydroxyl groups excluding tert-OH is 1. The van der Waals surface area contributed by atoms with E-state index in [-0.39, 0.29) is 39.1 Å². The summed E-state index contributed by atoms with van der Waals surface area (Å²) in [6.45, 7) is 7.30. The molecule has 0 aromatic heterocycles. The Balaban J connectivity index is 1.79. The Kier molecular flexibility index (Phi) is 8.15. The zero-order chi connectivity index (χ0) is 29.6. The molecule has 4 nitrogen and oxygen atoms in total. The molecule has 0 radical (unpaired) electrons. The summed E-state index contributed by atoms with van der Waals surface area (Å²) in [7, 11) is 17.7. The van der Waals surface area contributed by atoms with Gasteiger partial charge in [-0.3, -0.25) is 4.79 Å². The molecule has 0 aromatic carbocycles. The predicted octanol–water partition coefficient (Wildman–Crippen LogP) is -2.60. The van der Waals surface area contributed by atoms with Gasteiger partial charge >= 0.3 is 0 Å². The van der Waals surface area contributed by atoms with Crippen LogP contribution in [0.5, 0.6) is 0 Å². The maximum Gasteiger partial charge on any atom is 0.293 e. The maximum absolute atomic E-state index is 13.0. The Bertz CT molecular complexity index is 955. The molecule has 4 rings (SSSR count). The van der Waals surface area contributed by atoms with Crippen molar-refractivity contribution in [1.29, 1.82) is 0 Å². The second-order valence-electron chi connectivity index (χ2n) is 17.7. The quantitative estimate of drug-likeness (QED) is 0.317. The van der Waals surface area contributed by atoms with Crippen molar-refractivity contribution >= 4 is 68.7 Å². The van der Waals surface area contributed by atoms with E-state index in [1.165, 1.54) is 6.42 Å². The van der Waals surface area contributed by atoms with Crippen molar-refractivity contribution in [3.05, 3.63) is 0 Å². The number of carboxylic acids is 1. The van der Waals surface area contributed by atoms with Crippen LogP contribution in [0.25, 0.3) is 0 Å². The van der Waals surface area contributed by atoms with Crippen LogP contribution in [-0.4, -0.2) is 95.7 Å². The standard InChI is InChI=1S/C27H54B8O4/c1-4-13(12-24(28,29)21(37)38)15-5-6-16-19-17(8-10-22(15,16)2)23(3)9-7-14(36)11-18(23)20(25(19,30)39)26(31,32)27(33,34)35/h13-20,36,39H,4-12,28-35H2,1-3H3,(H,37,38)/t13-,14-,15?,16+,17+,18+,19+,20-,22-,23-,25+/m1/s1. The first-order valence-electron chi connectivity index (χ1n) is 16.3. The van der Waals surface area contributed by atoms with E-state index < -0.39 is 16.7 Å². The first kappa shape index (κ1) is 31.8. The van der Waals surface area contributed by atoms with Gasteiger partial charge in [-0.15, -0.1) is 5.11 Å². The van der Waals surface area contributed by atoms with E-state index in [0.29, 0.717) is 29.6 Å². The van der Waals surface area contributed by atoms with Gasteiger partial charge in [0, 0.05) is 10.7 Å². The van der Waals surface area contributed by atoms with Crippen molar-refractivity contribution in [2.24, 2.45) is 52.3 Å². The van der Waals surface area contributed by atoms with Crippen molar-refractivity contribution in [2.45, 2.75) is 106 Å². The molecule has 4 saturated carbocycles. The number of carbonyl (C=O) groups is 1. The van der Waals surface area contributed by atoms with Crippen LogP contribution in [0.15, 0.2) is 0 Å². The van der Waals surface area contributed by atoms with Gasteiger partial charge in [-0.2, -0.15) is 0 Å². The van der Waals surface area contributed by atoms with E-state index in [1.54, 1.807) is 0 Å². The van der Waals surface area contributed by atoms with Gasteiger partial charge in [0.1, 0.15) is 23.5 Å². The molecular formula is C27H54B8O4. The Morgan fingerprint density at radius 3 is 2.03 bits per heavy atom. The highest BCUT2D eigenvalue weighted by Crippen LogP contribution is 2.74. The number of fused-ring (bicyclic) bond motifs is 5. The second kappa shape index (κ2) is 9.99. The molecule has 39 heavy (non-hydrogen) atoms. The number of rotatable bonds is 7. The van der Waals surface area contributed by atoms with Crippen LogP contribution in [0.1, 0.15) is 78.6 Å². The van der Waals surface area contributed by atoms with E-state index in [2.05, 4.69) is 67.8 Å². The molecule has 210 valence electrons. The van der Waals surface area contributed by atoms with Crippen LogP contribution in [0.2, 0.25) is 15.5 Å². The van der Waals surface area contributed by atoms with Gasteiger partial charge in [-0.05, 0) is 104 Å². The number of hydrogen-bond acceptors (Lipinski definition) is 3. The van der Waals surface area contributed by atoms with Gasteiger partial charge in [-0.1, -0.05) is 32.4 Å². The molecule has 0 aromatic rings. The molecule has 11 atom stereocenters. The van der Waals surface area contributed by atoms with Crippen molar-refractivity contribution < 1.29 is 20.1 Å². The highest BCUT2D eigenvalue weighted by Gasteiger charge is 2.70. The Morgan fingerprint density at radius 2 is 1.49 bits per heavy atom. The third-order valence-corrected chi connectivity index (χ3v) is 14.4. The highest BCUT2D eigenvalue weighted by atomic mass is 16.4. The molecule has 4 aliphatic carbocycles. The summed E-state index contributed by atoms with van der Waals surface area (Å²) in [6, 6.07) is 0. The van der Waals surface area contributed by atoms with Gasteiger partial charge in [-0.25, -0.2) is 0 Å². The summed E-state index contributed by atoms with van der Waals surface area (Å²) in [6.07, 6.45) is 8.87. The average Bonchev–Trinajstić information content (AvgIpc) is 3.14. The van der Waals surface area contributed by atoms with Crippen LogP contribution in [0, 0.1) is 52.3 Å². The van der Waals surface area contributed by atoms with Crippen LogP contribution < -0.4 is 0 Å². The summed E-state index contributed by atoms with van der Waals surface area (Å²) < 4.78 is 0. The van der Waals surface area contributed by atoms with Gasteiger partial charge in [0.25, 0.3) is 5.97 Å². The Morgan fingerprint density at radius 1 is 0.923 bits per heavy atom. The lowest BCUT2D eigenvalue weighted by Gasteiger charge is -2.71. The van der Waals surface area contributed by atoms with Crippen LogP contribution in [0.3, 0.4) is 0 Å². The van der Waals surface area contributed by atoms with Gasteiger partial charge in [0.2, 0.25) is 0 Å². The predicted molar refractivity (Wildman–Crippen MR) is 183 cm³/mol. The molecule has 12 heteroatoms. The SMILES string of the molecule is BC(B)(C[C@@H](CC)C1CC[C@H]2[C@H]3[C@H](CC[C@]12C)[C@@]1(C)CC[C@@H](O)C[C@H]1[C@@H](C(B)(B)C(B)(B)B)[C@@]3(B)O)C(=O)O. The molecule has 0 amide bonds. The number of carboxylic acid groups (broad SMARTS) is 1. The molecule has 0 bridgehead atoms. The minimum atomic E-state index is -0.814. The molecule has 1 unspecified atom stereocenters. The summed E-state index contributed by atoms with van der Waals surface area (Å²) in [5, 5.41) is 33.1. The lowest BCUT2D eigenvalue weighted by atomic mass is 9.16. The number of aliphatic hydroxyl groups is 2. The summed E-state index contributed by atoms with van der Waals surface area (Å²) in [5.41, 5.74) is -0.547. The fourth-order valence-corrected chi connectivity index (χ4v) is 11.5. The Labute approximate surface area is 246 Å². The molecular weight excluding hydrogens is 475 g/mol. The lowest BCUT2D eigenvalue weighted by Crippen LogP contribution is -2.71. The molecule has 0 spiro atoms. The first-order valence-corrected chi connectivity index (χ1v) is 16.3.